The predicted octanol–water partition coefficient (Wildman–Crippen LogP) is 4.10. The van der Waals surface area contributed by atoms with Crippen molar-refractivity contribution in [1.82, 2.24) is 9.97 Å². The molecule has 2 aromatic rings. The number of hydrogen-bond acceptors (Lipinski definition) is 11. The fraction of sp³-hybridized carbons (Fsp3) is 0.409. The van der Waals surface area contributed by atoms with Crippen molar-refractivity contribution in [3.8, 4) is 11.3 Å². The van der Waals surface area contributed by atoms with Crippen molar-refractivity contribution >= 4 is 35.3 Å². The van der Waals surface area contributed by atoms with Crippen LogP contribution in [0.2, 0.25) is 0 Å². The molecule has 0 atom stereocenters. The van der Waals surface area contributed by atoms with Crippen LogP contribution < -0.4 is 10.6 Å². The molecular formula is C22H27N5O8. The average Bonchev–Trinajstić information content (AvgIpc) is 2.69. The van der Waals surface area contributed by atoms with E-state index < -0.39 is 45.5 Å². The average molecular weight is 489 g/mol. The Kier molecular flexibility index (Phi) is 7.63. The van der Waals surface area contributed by atoms with Crippen LogP contribution in [-0.4, -0.2) is 51.4 Å². The third-order valence-corrected chi connectivity index (χ3v) is 4.06. The summed E-state index contributed by atoms with van der Waals surface area (Å²) in [7, 11) is 1.07. The zero-order chi connectivity index (χ0) is 26.7. The molecule has 35 heavy (non-hydrogen) atoms. The molecule has 2 N–H and O–H groups in total. The van der Waals surface area contributed by atoms with E-state index in [1.807, 2.05) is 0 Å². The van der Waals surface area contributed by atoms with E-state index in [9.17, 15) is 24.5 Å². The summed E-state index contributed by atoms with van der Waals surface area (Å²) in [6, 6.07) is 3.63. The van der Waals surface area contributed by atoms with Gasteiger partial charge < -0.3 is 19.9 Å². The van der Waals surface area contributed by atoms with Crippen molar-refractivity contribution in [3.63, 3.8) is 0 Å². The van der Waals surface area contributed by atoms with Gasteiger partial charge in [-0.2, -0.15) is 4.90 Å². The van der Waals surface area contributed by atoms with Crippen LogP contribution in [0.4, 0.5) is 26.8 Å². The fourth-order valence-electron chi connectivity index (χ4n) is 2.78. The van der Waals surface area contributed by atoms with Gasteiger partial charge in [0.1, 0.15) is 28.8 Å². The second kappa shape index (κ2) is 9.91. The van der Waals surface area contributed by atoms with E-state index in [-0.39, 0.29) is 22.8 Å². The number of ether oxygens (including phenoxy) is 3. The Labute approximate surface area is 201 Å². The van der Waals surface area contributed by atoms with Gasteiger partial charge in [-0.1, -0.05) is 0 Å². The lowest BCUT2D eigenvalue weighted by Crippen LogP contribution is -2.44. The minimum atomic E-state index is -1.05. The Morgan fingerprint density at radius 1 is 0.971 bits per heavy atom. The molecule has 13 nitrogen and oxygen atoms in total. The molecular weight excluding hydrogens is 462 g/mol. The number of imide groups is 1. The lowest BCUT2D eigenvalue weighted by atomic mass is 10.0. The Bertz CT molecular complexity index is 1140. The van der Waals surface area contributed by atoms with Crippen molar-refractivity contribution in [2.45, 2.75) is 52.7 Å². The van der Waals surface area contributed by atoms with E-state index in [1.54, 1.807) is 41.5 Å². The minimum absolute atomic E-state index is 0.0962. The van der Waals surface area contributed by atoms with E-state index in [0.717, 1.165) is 19.5 Å². The van der Waals surface area contributed by atoms with Crippen molar-refractivity contribution in [3.05, 3.63) is 40.2 Å². The van der Waals surface area contributed by atoms with E-state index in [0.29, 0.717) is 4.90 Å². The molecule has 0 radical (unpaired) electrons. The second-order valence-electron chi connectivity index (χ2n) is 9.27. The van der Waals surface area contributed by atoms with Crippen LogP contribution >= 0.6 is 0 Å². The number of nitro benzene ring substituents is 1. The smallest absolute Gasteiger partial charge is 0.425 e. The quantitative estimate of drug-likeness (QED) is 0.215. The number of carbonyl (C=O) groups is 3. The molecule has 0 unspecified atom stereocenters. The number of carbonyl (C=O) groups excluding carboxylic acids is 3. The Balaban J connectivity index is 2.64. The minimum Gasteiger partial charge on any atom is -0.465 e. The largest absolute Gasteiger partial charge is 0.465 e. The summed E-state index contributed by atoms with van der Waals surface area (Å²) in [5.41, 5.74) is 2.89. The lowest BCUT2D eigenvalue weighted by molar-refractivity contribution is -0.384. The molecule has 13 heteroatoms. The number of nitrogen functional groups attached to an aromatic ring is 1. The van der Waals surface area contributed by atoms with Crippen molar-refractivity contribution in [2.24, 2.45) is 0 Å². The number of nitrogens with two attached hydrogens (primary N) is 1. The van der Waals surface area contributed by atoms with Crippen LogP contribution in [0, 0.1) is 10.1 Å². The van der Waals surface area contributed by atoms with Crippen LogP contribution in [0.5, 0.6) is 0 Å². The van der Waals surface area contributed by atoms with Crippen LogP contribution in [-0.2, 0) is 14.2 Å². The van der Waals surface area contributed by atoms with E-state index in [1.165, 1.54) is 12.1 Å². The number of amides is 2. The first-order chi connectivity index (χ1) is 16.0. The third kappa shape index (κ3) is 6.85. The zero-order valence-electron chi connectivity index (χ0n) is 20.4. The molecule has 0 aliphatic rings. The molecule has 0 aliphatic carbocycles. The summed E-state index contributed by atoms with van der Waals surface area (Å²) < 4.78 is 15.3. The maximum atomic E-state index is 12.9. The molecule has 0 saturated heterocycles. The summed E-state index contributed by atoms with van der Waals surface area (Å²) in [6.45, 7) is 9.74. The number of aromatic nitrogens is 2. The first kappa shape index (κ1) is 27.0. The molecule has 1 aromatic carbocycles. The van der Waals surface area contributed by atoms with Crippen molar-refractivity contribution in [1.29, 1.82) is 0 Å². The maximum absolute atomic E-state index is 12.9. The molecule has 2 rings (SSSR count). The van der Waals surface area contributed by atoms with E-state index >= 15 is 0 Å². The van der Waals surface area contributed by atoms with Crippen LogP contribution in [0.3, 0.4) is 0 Å². The van der Waals surface area contributed by atoms with Gasteiger partial charge in [0.2, 0.25) is 0 Å². The SMILES string of the molecule is COC(=O)c1cc(-c2cc(N(C(=O)OC(C)(C)C)C(=O)OC(C)(C)C)ncn2)cc(N)c1[N+](=O)[O-]. The maximum Gasteiger partial charge on any atom is 0.425 e. The zero-order valence-corrected chi connectivity index (χ0v) is 20.4. The predicted molar refractivity (Wildman–Crippen MR) is 125 cm³/mol. The van der Waals surface area contributed by atoms with Crippen molar-refractivity contribution in [2.75, 3.05) is 17.7 Å². The molecule has 2 amide bonds. The molecule has 1 aromatic heterocycles. The molecule has 188 valence electrons. The highest BCUT2D eigenvalue weighted by Gasteiger charge is 2.34. The second-order valence-corrected chi connectivity index (χ2v) is 9.27. The van der Waals surface area contributed by atoms with Gasteiger partial charge >= 0.3 is 23.8 Å². The Morgan fingerprint density at radius 2 is 1.51 bits per heavy atom. The molecule has 0 saturated carbocycles. The molecule has 0 bridgehead atoms. The summed E-state index contributed by atoms with van der Waals surface area (Å²) >= 11 is 0. The first-order valence-corrected chi connectivity index (χ1v) is 10.3. The number of esters is 1. The lowest BCUT2D eigenvalue weighted by Gasteiger charge is -2.28. The van der Waals surface area contributed by atoms with E-state index in [2.05, 4.69) is 14.7 Å². The number of methoxy groups -OCH3 is 1. The topological polar surface area (TPSA) is 177 Å². The normalized spacial score (nSPS) is 11.4. The van der Waals surface area contributed by atoms with Gasteiger partial charge in [0.25, 0.3) is 0 Å². The van der Waals surface area contributed by atoms with Gasteiger partial charge in [0.15, 0.2) is 5.82 Å². The molecule has 0 spiro atoms. The number of rotatable bonds is 4. The standard InChI is InChI=1S/C22H27N5O8/c1-21(2,3)34-19(29)26(20(30)35-22(4,5)6)16-10-15(24-11-25-16)12-8-13(18(28)33-7)17(27(31)32)14(23)9-12/h8-11H,23H2,1-7H3. The summed E-state index contributed by atoms with van der Waals surface area (Å²) in [4.78, 5) is 57.2. The molecule has 0 aliphatic heterocycles. The highest BCUT2D eigenvalue weighted by molar-refractivity contribution is 6.09. The number of benzene rings is 1. The van der Waals surface area contributed by atoms with Crippen LogP contribution in [0.25, 0.3) is 11.3 Å². The number of anilines is 2. The van der Waals surface area contributed by atoms with Crippen LogP contribution in [0.1, 0.15) is 51.9 Å². The highest BCUT2D eigenvalue weighted by atomic mass is 16.6. The van der Waals surface area contributed by atoms with Gasteiger partial charge in [-0.25, -0.2) is 24.4 Å². The first-order valence-electron chi connectivity index (χ1n) is 10.3. The van der Waals surface area contributed by atoms with Gasteiger partial charge in [-0.3, -0.25) is 10.1 Å². The highest BCUT2D eigenvalue weighted by Crippen LogP contribution is 2.33. The molecule has 0 fully saturated rings. The Morgan fingerprint density at radius 3 is 1.97 bits per heavy atom. The molecule has 1 heterocycles. The monoisotopic (exact) mass is 489 g/mol. The van der Waals surface area contributed by atoms with Gasteiger partial charge in [0, 0.05) is 11.6 Å². The van der Waals surface area contributed by atoms with Gasteiger partial charge in [-0.05, 0) is 53.7 Å². The number of hydrogen-bond donors (Lipinski definition) is 1. The van der Waals surface area contributed by atoms with E-state index in [4.69, 9.17) is 15.2 Å². The fourth-order valence-corrected chi connectivity index (χ4v) is 2.78. The summed E-state index contributed by atoms with van der Waals surface area (Å²) in [6.07, 6.45) is -1.04. The van der Waals surface area contributed by atoms with Gasteiger partial charge in [-0.15, -0.1) is 0 Å². The van der Waals surface area contributed by atoms with Gasteiger partial charge in [0.05, 0.1) is 17.7 Å². The third-order valence-electron chi connectivity index (χ3n) is 4.06. The Hall–Kier alpha value is -4.29. The summed E-state index contributed by atoms with van der Waals surface area (Å²) in [5, 5.41) is 11.4. The number of nitrogens with zero attached hydrogens (tertiary/aromatic N) is 4. The van der Waals surface area contributed by atoms with Crippen LogP contribution in [0.15, 0.2) is 24.5 Å². The van der Waals surface area contributed by atoms with Crippen molar-refractivity contribution < 1.29 is 33.5 Å². The number of nitro groups is 1. The summed E-state index contributed by atoms with van der Waals surface area (Å²) in [5.74, 6) is -1.18.